The van der Waals surface area contributed by atoms with Gasteiger partial charge in [0.05, 0.1) is 6.10 Å². The molecule has 0 saturated heterocycles. The Morgan fingerprint density at radius 2 is 2.06 bits per heavy atom. The number of hydrogen-bond donors (Lipinski definition) is 0. The van der Waals surface area contributed by atoms with Crippen LogP contribution in [0.15, 0.2) is 18.1 Å². The van der Waals surface area contributed by atoms with Gasteiger partial charge in [0.2, 0.25) is 0 Å². The van der Waals surface area contributed by atoms with Crippen molar-refractivity contribution >= 4 is 0 Å². The summed E-state index contributed by atoms with van der Waals surface area (Å²) in [6.45, 7) is 7.28. The number of rotatable bonds is 7. The topological polar surface area (TPSA) is 18.5 Å². The van der Waals surface area contributed by atoms with Crippen LogP contribution in [0, 0.1) is 0 Å². The van der Waals surface area contributed by atoms with Gasteiger partial charge in [-0.15, -0.1) is 0 Å². The van der Waals surface area contributed by atoms with Gasteiger partial charge in [0.1, 0.15) is 5.76 Å². The normalized spacial score (nSPS) is 15.3. The summed E-state index contributed by atoms with van der Waals surface area (Å²) < 4.78 is 11.1. The molecule has 3 heteroatoms. The summed E-state index contributed by atoms with van der Waals surface area (Å²) in [6, 6.07) is 0. The zero-order chi connectivity index (χ0) is 10.9. The molecule has 0 amide bonds. The third-order valence-corrected chi connectivity index (χ3v) is 2.70. The van der Waals surface area contributed by atoms with Crippen molar-refractivity contribution < 1.29 is 42.2 Å². The van der Waals surface area contributed by atoms with E-state index in [-0.39, 0.29) is 32.7 Å². The van der Waals surface area contributed by atoms with E-state index in [0.717, 1.165) is 31.8 Å². The van der Waals surface area contributed by atoms with E-state index in [2.05, 4.69) is 12.3 Å². The van der Waals surface area contributed by atoms with Crippen molar-refractivity contribution in [2.45, 2.75) is 51.6 Å². The molecule has 0 aromatic carbocycles. The fourth-order valence-electron chi connectivity index (χ4n) is 1.88. The van der Waals surface area contributed by atoms with Crippen LogP contribution in [-0.2, 0) is 42.2 Å². The summed E-state index contributed by atoms with van der Waals surface area (Å²) in [5.41, 5.74) is 2.89. The summed E-state index contributed by atoms with van der Waals surface area (Å²) in [4.78, 5) is 0. The fourth-order valence-corrected chi connectivity index (χ4v) is 1.88. The van der Waals surface area contributed by atoms with E-state index < -0.39 is 0 Å². The third kappa shape index (κ3) is 6.86. The second-order valence-electron chi connectivity index (χ2n) is 3.92. The minimum atomic E-state index is 0. The molecule has 1 radical (unpaired) electrons. The fraction of sp³-hybridized carbons (Fsp3) is 0.769. The van der Waals surface area contributed by atoms with E-state index in [4.69, 9.17) is 9.47 Å². The van der Waals surface area contributed by atoms with E-state index in [1.165, 1.54) is 25.7 Å². The van der Waals surface area contributed by atoms with E-state index >= 15 is 0 Å². The molecule has 1 aliphatic carbocycles. The molecule has 0 spiro atoms. The van der Waals surface area contributed by atoms with Crippen molar-refractivity contribution in [1.82, 2.24) is 0 Å². The van der Waals surface area contributed by atoms with E-state index in [1.807, 2.05) is 6.92 Å². The van der Waals surface area contributed by atoms with Gasteiger partial charge >= 0.3 is 0 Å². The van der Waals surface area contributed by atoms with Crippen LogP contribution < -0.4 is 0 Å². The van der Waals surface area contributed by atoms with Gasteiger partial charge in [-0.1, -0.05) is 12.3 Å². The van der Waals surface area contributed by atoms with Gasteiger partial charge in [-0.3, -0.25) is 0 Å². The first kappa shape index (κ1) is 16.4. The first-order chi connectivity index (χ1) is 7.36. The second kappa shape index (κ2) is 10.5. The minimum Gasteiger partial charge on any atom is -0.487 e. The Hall–Kier alpha value is 0.384. The van der Waals surface area contributed by atoms with Gasteiger partial charge in [-0.2, -0.15) is 0 Å². The molecule has 0 heterocycles. The van der Waals surface area contributed by atoms with Crippen molar-refractivity contribution in [2.75, 3.05) is 13.2 Å². The molecule has 0 N–H and O–H groups in total. The smallest absolute Gasteiger partial charge is 0.138 e. The molecule has 16 heavy (non-hydrogen) atoms. The zero-order valence-electron chi connectivity index (χ0n) is 10.3. The summed E-state index contributed by atoms with van der Waals surface area (Å²) in [5.74, 6) is 0.918. The SMILES string of the molecule is C=C=C(CCCOCC)OC1CCCC1.[Y]. The number of ether oxygens (including phenoxy) is 2. The summed E-state index contributed by atoms with van der Waals surface area (Å²) in [7, 11) is 0. The van der Waals surface area contributed by atoms with E-state index in [1.54, 1.807) is 0 Å². The van der Waals surface area contributed by atoms with Crippen LogP contribution in [0.2, 0.25) is 0 Å². The Morgan fingerprint density at radius 1 is 1.38 bits per heavy atom. The van der Waals surface area contributed by atoms with Crippen LogP contribution in [0.4, 0.5) is 0 Å². The van der Waals surface area contributed by atoms with Crippen molar-refractivity contribution in [3.8, 4) is 0 Å². The average molecular weight is 299 g/mol. The maximum Gasteiger partial charge on any atom is 0.138 e. The van der Waals surface area contributed by atoms with Crippen LogP contribution in [0.1, 0.15) is 45.4 Å². The molecule has 0 atom stereocenters. The Kier molecular flexibility index (Phi) is 10.8. The molecule has 89 valence electrons. The number of allylic oxidation sites excluding steroid dienone is 1. The van der Waals surface area contributed by atoms with Crippen LogP contribution in [-0.4, -0.2) is 19.3 Å². The largest absolute Gasteiger partial charge is 0.487 e. The standard InChI is InChI=1S/C13H22O2.Y/c1-3-12(10-7-11-14-4-2)15-13-8-5-6-9-13;/h13H,1,4-11H2,2H3;. The second-order valence-corrected chi connectivity index (χ2v) is 3.92. The van der Waals surface area contributed by atoms with Crippen molar-refractivity contribution in [2.24, 2.45) is 0 Å². The van der Waals surface area contributed by atoms with Gasteiger partial charge < -0.3 is 9.47 Å². The van der Waals surface area contributed by atoms with Gasteiger partial charge in [0.25, 0.3) is 0 Å². The minimum absolute atomic E-state index is 0. The van der Waals surface area contributed by atoms with E-state index in [9.17, 15) is 0 Å². The van der Waals surface area contributed by atoms with Crippen molar-refractivity contribution in [3.05, 3.63) is 18.1 Å². The molecule has 1 saturated carbocycles. The first-order valence-corrected chi connectivity index (χ1v) is 6.00. The predicted molar refractivity (Wildman–Crippen MR) is 61.7 cm³/mol. The molecular weight excluding hydrogens is 277 g/mol. The van der Waals surface area contributed by atoms with Crippen molar-refractivity contribution in [1.29, 1.82) is 0 Å². The van der Waals surface area contributed by atoms with Gasteiger partial charge in [0, 0.05) is 52.3 Å². The van der Waals surface area contributed by atoms with Crippen LogP contribution >= 0.6 is 0 Å². The van der Waals surface area contributed by atoms with Crippen molar-refractivity contribution in [3.63, 3.8) is 0 Å². The molecule has 0 aromatic rings. The van der Waals surface area contributed by atoms with E-state index in [0.29, 0.717) is 6.10 Å². The molecule has 1 fully saturated rings. The van der Waals surface area contributed by atoms with Crippen LogP contribution in [0.5, 0.6) is 0 Å². The third-order valence-electron chi connectivity index (χ3n) is 2.70. The maximum absolute atomic E-state index is 5.83. The van der Waals surface area contributed by atoms with Gasteiger partial charge in [-0.05, 0) is 39.0 Å². The monoisotopic (exact) mass is 299 g/mol. The molecule has 0 aliphatic heterocycles. The Balaban J connectivity index is 0.00000225. The molecule has 1 rings (SSSR count). The molecular formula is C13H22O2Y. The quantitative estimate of drug-likeness (QED) is 0.407. The number of hydrogen-bond acceptors (Lipinski definition) is 2. The molecule has 1 aliphatic rings. The van der Waals surface area contributed by atoms with Gasteiger partial charge in [-0.25, -0.2) is 0 Å². The first-order valence-electron chi connectivity index (χ1n) is 6.00. The molecule has 0 bridgehead atoms. The maximum atomic E-state index is 5.83. The summed E-state index contributed by atoms with van der Waals surface area (Å²) in [5, 5.41) is 0. The predicted octanol–water partition coefficient (Wildman–Crippen LogP) is 3.43. The Bertz CT molecular complexity index is 216. The molecule has 0 unspecified atom stereocenters. The molecule has 2 nitrogen and oxygen atoms in total. The average Bonchev–Trinajstić information content (AvgIpc) is 2.75. The Morgan fingerprint density at radius 3 is 2.62 bits per heavy atom. The van der Waals surface area contributed by atoms with Crippen LogP contribution in [0.3, 0.4) is 0 Å². The Labute approximate surface area is 124 Å². The zero-order valence-corrected chi connectivity index (χ0v) is 13.2. The molecule has 0 aromatic heterocycles. The summed E-state index contributed by atoms with van der Waals surface area (Å²) >= 11 is 0. The summed E-state index contributed by atoms with van der Waals surface area (Å²) in [6.07, 6.45) is 7.30. The van der Waals surface area contributed by atoms with Gasteiger partial charge in [0.15, 0.2) is 0 Å². The van der Waals surface area contributed by atoms with Crippen LogP contribution in [0.25, 0.3) is 0 Å².